The van der Waals surface area contributed by atoms with Crippen molar-refractivity contribution >= 4 is 23.8 Å². The van der Waals surface area contributed by atoms with Crippen LogP contribution >= 0.6 is 11.8 Å². The van der Waals surface area contributed by atoms with Crippen molar-refractivity contribution in [3.8, 4) is 23.0 Å². The molecule has 0 fully saturated rings. The number of carboxylic acids is 1. The molecule has 190 valence electrons. The molecule has 0 saturated heterocycles. The van der Waals surface area contributed by atoms with Crippen molar-refractivity contribution in [2.45, 2.75) is 29.9 Å². The van der Waals surface area contributed by atoms with E-state index in [0.717, 1.165) is 41.7 Å². The van der Waals surface area contributed by atoms with E-state index in [0.29, 0.717) is 35.3 Å². The van der Waals surface area contributed by atoms with Gasteiger partial charge in [-0.15, -0.1) is 11.8 Å². The lowest BCUT2D eigenvalue weighted by molar-refractivity contribution is -0.297. The fourth-order valence-corrected chi connectivity index (χ4v) is 4.52. The van der Waals surface area contributed by atoms with E-state index in [2.05, 4.69) is 17.1 Å². The van der Waals surface area contributed by atoms with Crippen molar-refractivity contribution in [1.29, 1.82) is 0 Å². The van der Waals surface area contributed by atoms with Crippen LogP contribution in [-0.4, -0.2) is 38.9 Å². The zero-order valence-corrected chi connectivity index (χ0v) is 21.5. The highest BCUT2D eigenvalue weighted by molar-refractivity contribution is 7.98. The average Bonchev–Trinajstić information content (AvgIpc) is 2.91. The van der Waals surface area contributed by atoms with Crippen LogP contribution in [0, 0.1) is 0 Å². The summed E-state index contributed by atoms with van der Waals surface area (Å²) >= 11 is 1.53. The molecule has 0 saturated carbocycles. The van der Waals surface area contributed by atoms with Crippen molar-refractivity contribution in [1.82, 2.24) is 4.98 Å². The Balaban J connectivity index is 1.62. The topological polar surface area (TPSA) is 89.9 Å². The minimum atomic E-state index is -1.29. The van der Waals surface area contributed by atoms with Gasteiger partial charge in [-0.1, -0.05) is 18.2 Å². The summed E-state index contributed by atoms with van der Waals surface area (Å²) in [5.41, 5.74) is 2.45. The van der Waals surface area contributed by atoms with E-state index < -0.39 is 5.97 Å². The first-order valence-electron chi connectivity index (χ1n) is 11.5. The maximum Gasteiger partial charge on any atom is 0.144 e. The average molecular weight is 509 g/mol. The number of methoxy groups -OCH3 is 3. The van der Waals surface area contributed by atoms with E-state index in [1.807, 2.05) is 42.5 Å². The third-order valence-electron chi connectivity index (χ3n) is 5.34. The Bertz CT molecular complexity index is 1140. The van der Waals surface area contributed by atoms with E-state index in [1.165, 1.54) is 23.4 Å². The zero-order valence-electron chi connectivity index (χ0n) is 20.7. The maximum atomic E-state index is 11.0. The molecule has 3 aromatic rings. The highest BCUT2D eigenvalue weighted by Gasteiger charge is 2.12. The van der Waals surface area contributed by atoms with Gasteiger partial charge < -0.3 is 28.8 Å². The van der Waals surface area contributed by atoms with Gasteiger partial charge in [-0.3, -0.25) is 0 Å². The third-order valence-corrected chi connectivity index (χ3v) is 6.48. The summed E-state index contributed by atoms with van der Waals surface area (Å²) < 4.78 is 22.0. The van der Waals surface area contributed by atoms with Crippen molar-refractivity contribution in [2.75, 3.05) is 27.9 Å². The quantitative estimate of drug-likeness (QED) is 0.178. The number of unbranched alkanes of at least 4 members (excludes halogenated alkanes) is 1. The molecule has 0 spiro atoms. The Labute approximate surface area is 216 Å². The summed E-state index contributed by atoms with van der Waals surface area (Å²) in [5, 5.41) is 11.0. The summed E-state index contributed by atoms with van der Waals surface area (Å²) in [6.07, 6.45) is 5.10. The fraction of sp³-hybridized carbons (Fsp3) is 0.286. The molecule has 0 unspecified atom stereocenters. The second-order valence-corrected chi connectivity index (χ2v) is 8.76. The van der Waals surface area contributed by atoms with Gasteiger partial charge in [0.05, 0.1) is 44.5 Å². The number of aromatic nitrogens is 1. The van der Waals surface area contributed by atoms with Crippen LogP contribution in [0.1, 0.15) is 29.8 Å². The molecule has 0 bridgehead atoms. The number of hydrogen-bond acceptors (Lipinski definition) is 8. The van der Waals surface area contributed by atoms with Gasteiger partial charge in [-0.25, -0.2) is 4.98 Å². The zero-order chi connectivity index (χ0) is 25.8. The molecule has 0 atom stereocenters. The minimum Gasteiger partial charge on any atom is -0.545 e. The first kappa shape index (κ1) is 26.9. The Kier molecular flexibility index (Phi) is 10.5. The standard InChI is InChI=1S/C28H31NO6S/c1-32-22-13-10-20(11-14-22)7-4-5-18-35-24-16-12-21(29-23(24)15-17-27(30)31)19-36-28-25(33-2)8-6-9-26(28)34-3/h6,8-17H,4-5,7,18-19H2,1-3H3,(H,30,31)/p-1/b17-15+. The molecule has 2 aromatic carbocycles. The van der Waals surface area contributed by atoms with Crippen LogP contribution in [0.2, 0.25) is 0 Å². The first-order chi connectivity index (χ1) is 17.5. The van der Waals surface area contributed by atoms with Gasteiger partial charge in [0.2, 0.25) is 0 Å². The molecule has 3 rings (SSSR count). The lowest BCUT2D eigenvalue weighted by Gasteiger charge is -2.13. The summed E-state index contributed by atoms with van der Waals surface area (Å²) in [6, 6.07) is 17.3. The van der Waals surface area contributed by atoms with Crippen molar-refractivity contribution in [3.63, 3.8) is 0 Å². The monoisotopic (exact) mass is 508 g/mol. The van der Waals surface area contributed by atoms with E-state index in [-0.39, 0.29) is 0 Å². The van der Waals surface area contributed by atoms with Gasteiger partial charge in [-0.2, -0.15) is 0 Å². The number of aliphatic carboxylic acids is 1. The normalized spacial score (nSPS) is 10.9. The Morgan fingerprint density at radius 3 is 2.28 bits per heavy atom. The number of carbonyl (C=O) groups excluding carboxylic acids is 1. The van der Waals surface area contributed by atoms with E-state index in [4.69, 9.17) is 18.9 Å². The molecule has 36 heavy (non-hydrogen) atoms. The molecule has 1 aromatic heterocycles. The van der Waals surface area contributed by atoms with Crippen LogP contribution in [0.5, 0.6) is 23.0 Å². The largest absolute Gasteiger partial charge is 0.545 e. The Hall–Kier alpha value is -3.65. The molecule has 0 aliphatic heterocycles. The number of thioether (sulfide) groups is 1. The van der Waals surface area contributed by atoms with Gasteiger partial charge in [0.1, 0.15) is 28.7 Å². The van der Waals surface area contributed by atoms with Crippen LogP contribution in [0.3, 0.4) is 0 Å². The van der Waals surface area contributed by atoms with Crippen molar-refractivity contribution < 1.29 is 28.8 Å². The molecule has 0 aliphatic rings. The molecule has 7 nitrogen and oxygen atoms in total. The SMILES string of the molecule is COc1ccc(CCCCOc2ccc(CSc3c(OC)cccc3OC)nc2/C=C/C(=O)[O-])cc1. The highest BCUT2D eigenvalue weighted by atomic mass is 32.2. The highest BCUT2D eigenvalue weighted by Crippen LogP contribution is 2.39. The smallest absolute Gasteiger partial charge is 0.144 e. The molecule has 0 N–H and O–H groups in total. The number of rotatable bonds is 14. The molecular weight excluding hydrogens is 478 g/mol. The van der Waals surface area contributed by atoms with Crippen LogP contribution in [0.25, 0.3) is 6.08 Å². The number of hydrogen-bond donors (Lipinski definition) is 0. The summed E-state index contributed by atoms with van der Waals surface area (Å²) in [4.78, 5) is 16.5. The molecule has 0 amide bonds. The van der Waals surface area contributed by atoms with Crippen LogP contribution in [0.15, 0.2) is 65.6 Å². The number of benzene rings is 2. The third kappa shape index (κ3) is 7.95. The fourth-order valence-electron chi connectivity index (χ4n) is 3.48. The first-order valence-corrected chi connectivity index (χ1v) is 12.5. The molecule has 8 heteroatoms. The number of carbonyl (C=O) groups is 1. The molecule has 0 aliphatic carbocycles. The second kappa shape index (κ2) is 14.0. The predicted molar refractivity (Wildman–Crippen MR) is 139 cm³/mol. The molecular formula is C28H30NO6S-. The van der Waals surface area contributed by atoms with Crippen LogP contribution in [-0.2, 0) is 17.0 Å². The summed E-state index contributed by atoms with van der Waals surface area (Å²) in [5.74, 6) is 2.04. The summed E-state index contributed by atoms with van der Waals surface area (Å²) in [7, 11) is 4.88. The van der Waals surface area contributed by atoms with Gasteiger partial charge in [0, 0.05) is 5.75 Å². The molecule has 0 radical (unpaired) electrons. The van der Waals surface area contributed by atoms with Crippen LogP contribution in [0.4, 0.5) is 0 Å². The van der Waals surface area contributed by atoms with Gasteiger partial charge in [0.15, 0.2) is 0 Å². The van der Waals surface area contributed by atoms with E-state index in [9.17, 15) is 9.90 Å². The van der Waals surface area contributed by atoms with Crippen LogP contribution < -0.4 is 24.1 Å². The number of carboxylic acid groups (broad SMARTS) is 1. The van der Waals surface area contributed by atoms with Crippen molar-refractivity contribution in [2.24, 2.45) is 0 Å². The lowest BCUT2D eigenvalue weighted by atomic mass is 10.1. The molecule has 1 heterocycles. The maximum absolute atomic E-state index is 11.0. The van der Waals surface area contributed by atoms with E-state index >= 15 is 0 Å². The van der Waals surface area contributed by atoms with Gasteiger partial charge >= 0.3 is 0 Å². The van der Waals surface area contributed by atoms with Crippen molar-refractivity contribution in [3.05, 3.63) is 77.6 Å². The number of nitrogens with zero attached hydrogens (tertiary/aromatic N) is 1. The lowest BCUT2D eigenvalue weighted by Crippen LogP contribution is -2.18. The summed E-state index contributed by atoms with van der Waals surface area (Å²) in [6.45, 7) is 0.497. The Morgan fingerprint density at radius 2 is 1.64 bits per heavy atom. The number of pyridine rings is 1. The van der Waals surface area contributed by atoms with Gasteiger partial charge in [0.25, 0.3) is 0 Å². The Morgan fingerprint density at radius 1 is 0.917 bits per heavy atom. The second-order valence-electron chi connectivity index (χ2n) is 7.77. The minimum absolute atomic E-state index is 0.444. The predicted octanol–water partition coefficient (Wildman–Crippen LogP) is 4.56. The number of aryl methyl sites for hydroxylation is 1. The number of ether oxygens (including phenoxy) is 4. The van der Waals surface area contributed by atoms with E-state index in [1.54, 1.807) is 21.3 Å². The van der Waals surface area contributed by atoms with Gasteiger partial charge in [-0.05, 0) is 73.4 Å².